The van der Waals surface area contributed by atoms with E-state index in [2.05, 4.69) is 24.8 Å². The van der Waals surface area contributed by atoms with Crippen molar-refractivity contribution in [2.24, 2.45) is 11.1 Å². The van der Waals surface area contributed by atoms with Gasteiger partial charge in [-0.2, -0.15) is 0 Å². The van der Waals surface area contributed by atoms with Crippen LogP contribution >= 0.6 is 23.2 Å². The van der Waals surface area contributed by atoms with Crippen molar-refractivity contribution in [1.29, 1.82) is 0 Å². The number of hydrogen-bond donors (Lipinski definition) is 0. The highest BCUT2D eigenvalue weighted by molar-refractivity contribution is 6.69. The van der Waals surface area contributed by atoms with E-state index >= 15 is 0 Å². The molecule has 1 aromatic carbocycles. The molecule has 2 rings (SSSR count). The van der Waals surface area contributed by atoms with E-state index in [0.717, 1.165) is 11.3 Å². The lowest BCUT2D eigenvalue weighted by molar-refractivity contribution is -0.0823. The third-order valence-corrected chi connectivity index (χ3v) is 4.35. The molecule has 0 saturated heterocycles. The summed E-state index contributed by atoms with van der Waals surface area (Å²) in [6, 6.07) is 5.40. The highest BCUT2D eigenvalue weighted by Crippen LogP contribution is 2.33. The molecule has 0 bridgehead atoms. The Bertz CT molecular complexity index is 494. The van der Waals surface area contributed by atoms with Gasteiger partial charge in [-0.1, -0.05) is 41.3 Å². The van der Waals surface area contributed by atoms with Gasteiger partial charge >= 0.3 is 0 Å². The zero-order chi connectivity index (χ0) is 14.2. The Morgan fingerprint density at radius 3 is 2.32 bits per heavy atom. The predicted octanol–water partition coefficient (Wildman–Crippen LogP) is 4.54. The number of nitrogens with zero attached hydrogens (tertiary/aromatic N) is 1. The van der Waals surface area contributed by atoms with Crippen molar-refractivity contribution in [2.75, 3.05) is 0 Å². The Hall–Kier alpha value is -0.553. The van der Waals surface area contributed by atoms with Crippen molar-refractivity contribution in [3.05, 3.63) is 33.8 Å². The summed E-state index contributed by atoms with van der Waals surface area (Å²) in [6.45, 7) is 8.35. The summed E-state index contributed by atoms with van der Waals surface area (Å²) in [5.41, 5.74) is 1.49. The number of benzene rings is 1. The van der Waals surface area contributed by atoms with Gasteiger partial charge in [0.15, 0.2) is 8.32 Å². The fourth-order valence-corrected chi connectivity index (χ4v) is 3.44. The first-order valence-corrected chi connectivity index (χ1v) is 10.3. The fourth-order valence-electron chi connectivity index (χ4n) is 1.90. The van der Waals surface area contributed by atoms with E-state index in [-0.39, 0.29) is 12.2 Å². The highest BCUT2D eigenvalue weighted by atomic mass is 35.5. The van der Waals surface area contributed by atoms with Crippen molar-refractivity contribution in [3.8, 4) is 0 Å². The smallest absolute Gasteiger partial charge is 0.226 e. The molecule has 0 fully saturated rings. The average molecular weight is 318 g/mol. The van der Waals surface area contributed by atoms with Gasteiger partial charge in [0, 0.05) is 5.56 Å². The zero-order valence-corrected chi connectivity index (χ0v) is 13.9. The molecule has 2 atom stereocenters. The van der Waals surface area contributed by atoms with Gasteiger partial charge in [-0.15, -0.1) is 0 Å². The monoisotopic (exact) mass is 317 g/mol. The lowest BCUT2D eigenvalue weighted by atomic mass is 9.98. The molecule has 0 aliphatic carbocycles. The Morgan fingerprint density at radius 1 is 1.21 bits per heavy atom. The quantitative estimate of drug-likeness (QED) is 0.766. The molecule has 19 heavy (non-hydrogen) atoms. The molecule has 1 aromatic rings. The average Bonchev–Trinajstić information content (AvgIpc) is 2.59. The molecule has 1 aliphatic rings. The number of halogens is 2. The van der Waals surface area contributed by atoms with E-state index in [1.165, 1.54) is 0 Å². The molecule has 6 heteroatoms. The molecule has 0 unspecified atom stereocenters. The number of hydrogen-bond acceptors (Lipinski definition) is 3. The number of oxime groups is 1. The van der Waals surface area contributed by atoms with Gasteiger partial charge in [-0.25, -0.2) is 0 Å². The first-order valence-electron chi connectivity index (χ1n) is 6.15. The van der Waals surface area contributed by atoms with Gasteiger partial charge in [0.25, 0.3) is 0 Å². The van der Waals surface area contributed by atoms with Crippen molar-refractivity contribution < 1.29 is 9.26 Å². The maximum Gasteiger partial charge on any atom is 0.226 e. The van der Waals surface area contributed by atoms with Crippen LogP contribution in [0, 0.1) is 5.92 Å². The van der Waals surface area contributed by atoms with Crippen LogP contribution in [0.15, 0.2) is 23.4 Å². The molecule has 3 nitrogen and oxygen atoms in total. The van der Waals surface area contributed by atoms with Gasteiger partial charge in [0.2, 0.25) is 6.29 Å². The van der Waals surface area contributed by atoms with Crippen molar-refractivity contribution >= 4 is 37.2 Å². The molecule has 0 saturated carbocycles. The van der Waals surface area contributed by atoms with Crippen LogP contribution in [0.1, 0.15) is 12.5 Å². The van der Waals surface area contributed by atoms with E-state index in [9.17, 15) is 0 Å². The third kappa shape index (κ3) is 3.31. The first-order chi connectivity index (χ1) is 8.79. The summed E-state index contributed by atoms with van der Waals surface area (Å²) in [5, 5.41) is 5.28. The first kappa shape index (κ1) is 14.8. The Labute approximate surface area is 124 Å². The Balaban J connectivity index is 2.25. The molecular weight excluding hydrogens is 301 g/mol. The van der Waals surface area contributed by atoms with Gasteiger partial charge in [-0.05, 0) is 31.8 Å². The second-order valence-corrected chi connectivity index (χ2v) is 10.8. The molecule has 0 N–H and O–H groups in total. The summed E-state index contributed by atoms with van der Waals surface area (Å²) in [7, 11) is -1.69. The van der Waals surface area contributed by atoms with Crippen molar-refractivity contribution in [2.45, 2.75) is 32.9 Å². The molecule has 0 amide bonds. The van der Waals surface area contributed by atoms with Gasteiger partial charge in [0.1, 0.15) is 0 Å². The molecule has 1 aliphatic heterocycles. The van der Waals surface area contributed by atoms with Crippen molar-refractivity contribution in [1.82, 2.24) is 0 Å². The summed E-state index contributed by atoms with van der Waals surface area (Å²) in [6.07, 6.45) is -0.353. The van der Waals surface area contributed by atoms with E-state index in [1.54, 1.807) is 12.1 Å². The summed E-state index contributed by atoms with van der Waals surface area (Å²) < 4.78 is 5.96. The fraction of sp³-hybridized carbons (Fsp3) is 0.462. The van der Waals surface area contributed by atoms with Crippen molar-refractivity contribution in [3.63, 3.8) is 0 Å². The van der Waals surface area contributed by atoms with Crippen LogP contribution in [0.5, 0.6) is 0 Å². The second-order valence-electron chi connectivity index (χ2n) is 5.57. The summed E-state index contributed by atoms with van der Waals surface area (Å²) >= 11 is 12.4. The predicted molar refractivity (Wildman–Crippen MR) is 81.5 cm³/mol. The molecule has 0 spiro atoms. The van der Waals surface area contributed by atoms with Crippen LogP contribution in [0.2, 0.25) is 29.7 Å². The minimum Gasteiger partial charge on any atom is -0.382 e. The van der Waals surface area contributed by atoms with Crippen LogP contribution in [0.25, 0.3) is 0 Å². The van der Waals surface area contributed by atoms with E-state index in [0.29, 0.717) is 10.0 Å². The normalized spacial score (nSPS) is 23.2. The van der Waals surface area contributed by atoms with Crippen LogP contribution in [0.3, 0.4) is 0 Å². The van der Waals surface area contributed by atoms with Gasteiger partial charge < -0.3 is 9.26 Å². The summed E-state index contributed by atoms with van der Waals surface area (Å²) in [5.74, 6) is 0.00382. The molecule has 1 heterocycles. The lowest BCUT2D eigenvalue weighted by Crippen LogP contribution is -2.36. The van der Waals surface area contributed by atoms with Gasteiger partial charge in [-0.3, -0.25) is 0 Å². The topological polar surface area (TPSA) is 30.8 Å². The second kappa shape index (κ2) is 5.44. The maximum absolute atomic E-state index is 6.20. The van der Waals surface area contributed by atoms with Gasteiger partial charge in [0.05, 0.1) is 21.7 Å². The minimum absolute atomic E-state index is 0.00382. The lowest BCUT2D eigenvalue weighted by Gasteiger charge is -2.24. The highest BCUT2D eigenvalue weighted by Gasteiger charge is 2.36. The van der Waals surface area contributed by atoms with E-state index in [1.807, 2.05) is 13.0 Å². The minimum atomic E-state index is -1.69. The molecular formula is C13H17Cl2NO2Si. The molecule has 104 valence electrons. The largest absolute Gasteiger partial charge is 0.382 e. The van der Waals surface area contributed by atoms with Crippen LogP contribution in [-0.4, -0.2) is 20.3 Å². The standard InChI is InChI=1S/C13H17Cl2NO2Si/c1-8-12(11-9(14)6-5-7-10(11)15)16-17-13(8)18-19(2,3)4/h5-8,13H,1-4H3/t8-,13+/m1/s1. The molecule has 0 aromatic heterocycles. The third-order valence-electron chi connectivity index (χ3n) is 2.78. The Kier molecular flexibility index (Phi) is 4.25. The van der Waals surface area contributed by atoms with Crippen LogP contribution in [0.4, 0.5) is 0 Å². The maximum atomic E-state index is 6.20. The van der Waals surface area contributed by atoms with Crippen LogP contribution < -0.4 is 0 Å². The van der Waals surface area contributed by atoms with E-state index in [4.69, 9.17) is 32.5 Å². The number of rotatable bonds is 3. The Morgan fingerprint density at radius 2 is 1.79 bits per heavy atom. The zero-order valence-electron chi connectivity index (χ0n) is 11.4. The van der Waals surface area contributed by atoms with Crippen LogP contribution in [-0.2, 0) is 9.26 Å². The molecule has 0 radical (unpaired) electrons. The SMILES string of the molecule is C[C@@H]1C(c2c(Cl)cccc2Cl)=NO[C@H]1O[Si](C)(C)C. The van der Waals surface area contributed by atoms with E-state index < -0.39 is 8.32 Å². The summed E-state index contributed by atoms with van der Waals surface area (Å²) in [4.78, 5) is 5.40.